The van der Waals surface area contributed by atoms with Gasteiger partial charge in [-0.25, -0.2) is 4.68 Å². The van der Waals surface area contributed by atoms with Crippen LogP contribution in [0.25, 0.3) is 5.69 Å². The lowest BCUT2D eigenvalue weighted by atomic mass is 10.3. The first-order valence-corrected chi connectivity index (χ1v) is 6.08. The Morgan fingerprint density at radius 2 is 2.13 bits per heavy atom. The standard InChI is InChI=1S/C11H10BrClN2/c1-8-9(6-12)7-14-15(8)11-5-3-2-4-10(11)13/h2-5,7H,6H2,1H3. The van der Waals surface area contributed by atoms with Crippen molar-refractivity contribution in [3.05, 3.63) is 46.7 Å². The maximum absolute atomic E-state index is 6.11. The molecule has 15 heavy (non-hydrogen) atoms. The van der Waals surface area contributed by atoms with Crippen LogP contribution >= 0.6 is 27.5 Å². The van der Waals surface area contributed by atoms with Crippen LogP contribution in [0, 0.1) is 6.92 Å². The SMILES string of the molecule is Cc1c(CBr)cnn1-c1ccccc1Cl. The van der Waals surface area contributed by atoms with Gasteiger partial charge in [0.1, 0.15) is 0 Å². The van der Waals surface area contributed by atoms with E-state index in [4.69, 9.17) is 11.6 Å². The zero-order valence-corrected chi connectivity index (χ0v) is 10.6. The fraction of sp³-hybridized carbons (Fsp3) is 0.182. The zero-order valence-electron chi connectivity index (χ0n) is 8.24. The van der Waals surface area contributed by atoms with Crippen molar-refractivity contribution in [1.82, 2.24) is 9.78 Å². The van der Waals surface area contributed by atoms with Crippen molar-refractivity contribution in [3.8, 4) is 5.69 Å². The summed E-state index contributed by atoms with van der Waals surface area (Å²) >= 11 is 9.54. The van der Waals surface area contributed by atoms with E-state index in [-0.39, 0.29) is 0 Å². The van der Waals surface area contributed by atoms with Crippen molar-refractivity contribution >= 4 is 27.5 Å². The second-order valence-electron chi connectivity index (χ2n) is 3.25. The third-order valence-corrected chi connectivity index (χ3v) is 3.26. The van der Waals surface area contributed by atoms with Gasteiger partial charge < -0.3 is 0 Å². The fourth-order valence-corrected chi connectivity index (χ4v) is 2.21. The molecule has 0 aliphatic carbocycles. The molecule has 0 saturated heterocycles. The second kappa shape index (κ2) is 4.37. The first-order chi connectivity index (χ1) is 7.24. The Morgan fingerprint density at radius 3 is 2.73 bits per heavy atom. The topological polar surface area (TPSA) is 17.8 Å². The molecule has 0 N–H and O–H groups in total. The Kier molecular flexibility index (Phi) is 3.12. The lowest BCUT2D eigenvalue weighted by Crippen LogP contribution is -1.99. The zero-order chi connectivity index (χ0) is 10.8. The number of nitrogens with zero attached hydrogens (tertiary/aromatic N) is 2. The number of benzene rings is 1. The molecular formula is C11H10BrClN2. The molecule has 0 saturated carbocycles. The van der Waals surface area contributed by atoms with Gasteiger partial charge in [0.25, 0.3) is 0 Å². The minimum absolute atomic E-state index is 0.713. The van der Waals surface area contributed by atoms with Crippen LogP contribution < -0.4 is 0 Å². The van der Waals surface area contributed by atoms with Gasteiger partial charge in [-0.05, 0) is 19.1 Å². The van der Waals surface area contributed by atoms with Crippen LogP contribution in [0.15, 0.2) is 30.5 Å². The maximum atomic E-state index is 6.11. The van der Waals surface area contributed by atoms with Crippen LogP contribution in [-0.4, -0.2) is 9.78 Å². The summed E-state index contributed by atoms with van der Waals surface area (Å²) in [5.41, 5.74) is 3.21. The Balaban J connectivity index is 2.55. The van der Waals surface area contributed by atoms with E-state index in [9.17, 15) is 0 Å². The van der Waals surface area contributed by atoms with Crippen LogP contribution in [0.4, 0.5) is 0 Å². The van der Waals surface area contributed by atoms with Crippen LogP contribution in [-0.2, 0) is 5.33 Å². The van der Waals surface area contributed by atoms with Crippen LogP contribution in [0.3, 0.4) is 0 Å². The highest BCUT2D eigenvalue weighted by Crippen LogP contribution is 2.22. The van der Waals surface area contributed by atoms with E-state index in [0.29, 0.717) is 5.02 Å². The van der Waals surface area contributed by atoms with Gasteiger partial charge >= 0.3 is 0 Å². The molecule has 4 heteroatoms. The van der Waals surface area contributed by atoms with Gasteiger partial charge in [-0.2, -0.15) is 5.10 Å². The van der Waals surface area contributed by atoms with Crippen LogP contribution in [0.2, 0.25) is 5.02 Å². The second-order valence-corrected chi connectivity index (χ2v) is 4.22. The Labute approximate surface area is 102 Å². The van der Waals surface area contributed by atoms with Crippen molar-refractivity contribution in [2.45, 2.75) is 12.3 Å². The van der Waals surface area contributed by atoms with Crippen LogP contribution in [0.5, 0.6) is 0 Å². The normalized spacial score (nSPS) is 10.6. The molecule has 2 aromatic rings. The molecule has 78 valence electrons. The van der Waals surface area contributed by atoms with Crippen molar-refractivity contribution in [2.75, 3.05) is 0 Å². The molecule has 0 aliphatic heterocycles. The van der Waals surface area contributed by atoms with E-state index >= 15 is 0 Å². The Morgan fingerprint density at radius 1 is 1.40 bits per heavy atom. The third-order valence-electron chi connectivity index (χ3n) is 2.34. The monoisotopic (exact) mass is 284 g/mol. The van der Waals surface area contributed by atoms with Crippen molar-refractivity contribution in [1.29, 1.82) is 0 Å². The third kappa shape index (κ3) is 1.94. The quantitative estimate of drug-likeness (QED) is 0.769. The lowest BCUT2D eigenvalue weighted by Gasteiger charge is -2.06. The van der Waals surface area contributed by atoms with E-state index in [1.807, 2.05) is 42.1 Å². The molecule has 0 spiro atoms. The van der Waals surface area contributed by atoms with E-state index < -0.39 is 0 Å². The molecule has 0 amide bonds. The predicted octanol–water partition coefficient (Wildman–Crippen LogP) is 3.73. The minimum atomic E-state index is 0.713. The van der Waals surface area contributed by atoms with Gasteiger partial charge in [0.05, 0.1) is 16.9 Å². The molecular weight excluding hydrogens is 275 g/mol. The molecule has 1 heterocycles. The molecule has 0 fully saturated rings. The number of halogens is 2. The summed E-state index contributed by atoms with van der Waals surface area (Å²) < 4.78 is 1.86. The number of aromatic nitrogens is 2. The summed E-state index contributed by atoms with van der Waals surface area (Å²) in [4.78, 5) is 0. The highest BCUT2D eigenvalue weighted by Gasteiger charge is 2.08. The summed E-state index contributed by atoms with van der Waals surface area (Å²) in [5, 5.41) is 5.84. The molecule has 0 bridgehead atoms. The Hall–Kier alpha value is -0.800. The number of hydrogen-bond acceptors (Lipinski definition) is 1. The van der Waals surface area contributed by atoms with Gasteiger partial charge in [0.15, 0.2) is 0 Å². The number of para-hydroxylation sites is 1. The summed E-state index contributed by atoms with van der Waals surface area (Å²) in [6, 6.07) is 7.69. The van der Waals surface area contributed by atoms with Crippen molar-refractivity contribution < 1.29 is 0 Å². The summed E-state index contributed by atoms with van der Waals surface area (Å²) in [5.74, 6) is 0. The van der Waals surface area contributed by atoms with Gasteiger partial charge in [0.2, 0.25) is 0 Å². The number of rotatable bonds is 2. The van der Waals surface area contributed by atoms with E-state index in [2.05, 4.69) is 21.0 Å². The van der Waals surface area contributed by atoms with E-state index in [1.54, 1.807) is 0 Å². The summed E-state index contributed by atoms with van der Waals surface area (Å²) in [7, 11) is 0. The smallest absolute Gasteiger partial charge is 0.0834 e. The highest BCUT2D eigenvalue weighted by molar-refractivity contribution is 9.08. The summed E-state index contributed by atoms with van der Waals surface area (Å²) in [6.07, 6.45) is 1.85. The number of alkyl halides is 1. The minimum Gasteiger partial charge on any atom is -0.236 e. The average molecular weight is 286 g/mol. The van der Waals surface area contributed by atoms with Crippen LogP contribution in [0.1, 0.15) is 11.3 Å². The van der Waals surface area contributed by atoms with Crippen molar-refractivity contribution in [3.63, 3.8) is 0 Å². The summed E-state index contributed by atoms with van der Waals surface area (Å²) in [6.45, 7) is 2.03. The van der Waals surface area contributed by atoms with E-state index in [0.717, 1.165) is 16.7 Å². The highest BCUT2D eigenvalue weighted by atomic mass is 79.9. The van der Waals surface area contributed by atoms with Gasteiger partial charge in [-0.15, -0.1) is 0 Å². The number of hydrogen-bond donors (Lipinski definition) is 0. The Bertz CT molecular complexity index is 479. The van der Waals surface area contributed by atoms with Gasteiger partial charge in [0, 0.05) is 16.6 Å². The first kappa shape index (κ1) is 10.7. The predicted molar refractivity (Wildman–Crippen MR) is 65.9 cm³/mol. The molecule has 2 rings (SSSR count). The molecule has 0 radical (unpaired) electrons. The van der Waals surface area contributed by atoms with Gasteiger partial charge in [-0.1, -0.05) is 39.7 Å². The average Bonchev–Trinajstić information content (AvgIpc) is 2.60. The fourth-order valence-electron chi connectivity index (χ4n) is 1.44. The van der Waals surface area contributed by atoms with E-state index in [1.165, 1.54) is 5.56 Å². The van der Waals surface area contributed by atoms with Gasteiger partial charge in [-0.3, -0.25) is 0 Å². The molecule has 0 atom stereocenters. The largest absolute Gasteiger partial charge is 0.236 e. The maximum Gasteiger partial charge on any atom is 0.0834 e. The molecule has 1 aromatic carbocycles. The van der Waals surface area contributed by atoms with Crippen molar-refractivity contribution in [2.24, 2.45) is 0 Å². The molecule has 0 aliphatic rings. The lowest BCUT2D eigenvalue weighted by molar-refractivity contribution is 0.846. The first-order valence-electron chi connectivity index (χ1n) is 4.58. The molecule has 0 unspecified atom stereocenters. The molecule has 1 aromatic heterocycles. The molecule has 2 nitrogen and oxygen atoms in total.